The van der Waals surface area contributed by atoms with Crippen LogP contribution < -0.4 is 4.90 Å². The minimum Gasteiger partial charge on any atom is -0.384 e. The Morgan fingerprint density at radius 2 is 2.39 bits per heavy atom. The topological polar surface area (TPSA) is 29.5 Å². The van der Waals surface area contributed by atoms with Crippen molar-refractivity contribution in [2.24, 2.45) is 5.92 Å². The van der Waals surface area contributed by atoms with Gasteiger partial charge in [-0.2, -0.15) is 0 Å². The van der Waals surface area contributed by atoms with E-state index in [2.05, 4.69) is 4.90 Å². The summed E-state index contributed by atoms with van der Waals surface area (Å²) >= 11 is 6.02. The molecule has 0 aliphatic carbocycles. The maximum absolute atomic E-state index is 11.1. The van der Waals surface area contributed by atoms with E-state index in [-0.39, 0.29) is 0 Å². The fourth-order valence-corrected chi connectivity index (χ4v) is 2.71. The molecule has 1 fully saturated rings. The summed E-state index contributed by atoms with van der Waals surface area (Å²) < 4.78 is 5.22. The second-order valence-corrected chi connectivity index (χ2v) is 5.17. The molecule has 0 radical (unpaired) electrons. The van der Waals surface area contributed by atoms with Gasteiger partial charge in [0.25, 0.3) is 0 Å². The van der Waals surface area contributed by atoms with E-state index in [0.717, 1.165) is 38.1 Å². The van der Waals surface area contributed by atoms with Crippen LogP contribution in [0.4, 0.5) is 5.69 Å². The molecule has 1 saturated heterocycles. The first-order chi connectivity index (χ1) is 8.74. The SMILES string of the molecule is COCC1CCCN(c2cc(Cl)ccc2C=O)C1. The molecule has 2 rings (SSSR count). The highest BCUT2D eigenvalue weighted by Crippen LogP contribution is 2.28. The van der Waals surface area contributed by atoms with Crippen molar-refractivity contribution in [2.75, 3.05) is 31.7 Å². The van der Waals surface area contributed by atoms with Crippen LogP contribution in [-0.4, -0.2) is 33.1 Å². The lowest BCUT2D eigenvalue weighted by atomic mass is 9.98. The fourth-order valence-electron chi connectivity index (χ4n) is 2.55. The van der Waals surface area contributed by atoms with Crippen LogP contribution in [-0.2, 0) is 4.74 Å². The second-order valence-electron chi connectivity index (χ2n) is 4.73. The standard InChI is InChI=1S/C14H18ClNO2/c1-18-10-11-3-2-6-16(8-11)14-7-13(15)5-4-12(14)9-17/h4-5,7,9,11H,2-3,6,8,10H2,1H3. The number of hydrogen-bond acceptors (Lipinski definition) is 3. The normalized spacial score (nSPS) is 19.9. The first kappa shape index (κ1) is 13.4. The molecule has 1 heterocycles. The highest BCUT2D eigenvalue weighted by molar-refractivity contribution is 6.31. The molecule has 18 heavy (non-hydrogen) atoms. The van der Waals surface area contributed by atoms with Crippen LogP contribution in [0.3, 0.4) is 0 Å². The van der Waals surface area contributed by atoms with Gasteiger partial charge in [-0.05, 0) is 37.0 Å². The molecule has 1 aliphatic rings. The zero-order chi connectivity index (χ0) is 13.0. The Morgan fingerprint density at radius 3 is 3.11 bits per heavy atom. The highest BCUT2D eigenvalue weighted by Gasteiger charge is 2.21. The molecule has 0 spiro atoms. The molecule has 1 aromatic rings. The number of benzene rings is 1. The molecule has 0 amide bonds. The van der Waals surface area contributed by atoms with Gasteiger partial charge in [-0.3, -0.25) is 4.79 Å². The number of hydrogen-bond donors (Lipinski definition) is 0. The summed E-state index contributed by atoms with van der Waals surface area (Å²) in [5, 5.41) is 0.671. The molecule has 0 aromatic heterocycles. The summed E-state index contributed by atoms with van der Waals surface area (Å²) in [6, 6.07) is 5.41. The van der Waals surface area contributed by atoms with Gasteiger partial charge in [0.1, 0.15) is 0 Å². The Morgan fingerprint density at radius 1 is 1.56 bits per heavy atom. The minimum atomic E-state index is 0.530. The van der Waals surface area contributed by atoms with E-state index in [0.29, 0.717) is 16.5 Å². The average molecular weight is 268 g/mol. The molecule has 4 heteroatoms. The molecule has 0 bridgehead atoms. The van der Waals surface area contributed by atoms with Gasteiger partial charge in [-0.1, -0.05) is 11.6 Å². The van der Waals surface area contributed by atoms with Crippen LogP contribution in [0.2, 0.25) is 5.02 Å². The van der Waals surface area contributed by atoms with Gasteiger partial charge in [0, 0.05) is 36.5 Å². The number of piperidine rings is 1. The molecule has 1 unspecified atom stereocenters. The maximum atomic E-state index is 11.1. The van der Waals surface area contributed by atoms with Crippen molar-refractivity contribution in [2.45, 2.75) is 12.8 Å². The van der Waals surface area contributed by atoms with Gasteiger partial charge < -0.3 is 9.64 Å². The summed E-state index contributed by atoms with van der Waals surface area (Å²) in [5.41, 5.74) is 1.65. The first-order valence-electron chi connectivity index (χ1n) is 6.23. The van der Waals surface area contributed by atoms with Crippen molar-refractivity contribution in [3.8, 4) is 0 Å². The number of aldehydes is 1. The van der Waals surface area contributed by atoms with Gasteiger partial charge in [-0.25, -0.2) is 0 Å². The summed E-state index contributed by atoms with van der Waals surface area (Å²) in [7, 11) is 1.73. The van der Waals surface area contributed by atoms with Gasteiger partial charge >= 0.3 is 0 Å². The molecule has 1 aliphatic heterocycles. The van der Waals surface area contributed by atoms with Crippen LogP contribution in [0, 0.1) is 5.92 Å². The monoisotopic (exact) mass is 267 g/mol. The van der Waals surface area contributed by atoms with Crippen LogP contribution in [0.15, 0.2) is 18.2 Å². The Hall–Kier alpha value is -1.06. The van der Waals surface area contributed by atoms with E-state index < -0.39 is 0 Å². The third-order valence-corrected chi connectivity index (χ3v) is 3.62. The molecule has 3 nitrogen and oxygen atoms in total. The number of anilines is 1. The Labute approximate surface area is 113 Å². The molecule has 1 atom stereocenters. The highest BCUT2D eigenvalue weighted by atomic mass is 35.5. The molecule has 0 saturated carbocycles. The largest absolute Gasteiger partial charge is 0.384 e. The zero-order valence-corrected chi connectivity index (χ0v) is 11.3. The van der Waals surface area contributed by atoms with E-state index in [4.69, 9.17) is 16.3 Å². The van der Waals surface area contributed by atoms with E-state index in [9.17, 15) is 4.79 Å². The van der Waals surface area contributed by atoms with E-state index in [1.165, 1.54) is 6.42 Å². The summed E-state index contributed by atoms with van der Waals surface area (Å²) in [6.45, 7) is 2.67. The van der Waals surface area contributed by atoms with Gasteiger partial charge in [0.15, 0.2) is 6.29 Å². The third-order valence-electron chi connectivity index (χ3n) is 3.38. The van der Waals surface area contributed by atoms with Crippen molar-refractivity contribution in [1.82, 2.24) is 0 Å². The Balaban J connectivity index is 2.19. The quantitative estimate of drug-likeness (QED) is 0.786. The number of ether oxygens (including phenoxy) is 1. The van der Waals surface area contributed by atoms with Gasteiger partial charge in [-0.15, -0.1) is 0 Å². The summed E-state index contributed by atoms with van der Waals surface area (Å²) in [4.78, 5) is 13.3. The summed E-state index contributed by atoms with van der Waals surface area (Å²) in [5.74, 6) is 0.530. The van der Waals surface area contributed by atoms with Crippen molar-refractivity contribution < 1.29 is 9.53 Å². The fraction of sp³-hybridized carbons (Fsp3) is 0.500. The zero-order valence-electron chi connectivity index (χ0n) is 10.6. The molecule has 0 N–H and O–H groups in total. The van der Waals surface area contributed by atoms with Crippen LogP contribution in [0.25, 0.3) is 0 Å². The van der Waals surface area contributed by atoms with E-state index in [1.54, 1.807) is 19.2 Å². The van der Waals surface area contributed by atoms with Crippen LogP contribution in [0.1, 0.15) is 23.2 Å². The van der Waals surface area contributed by atoms with Gasteiger partial charge in [0.2, 0.25) is 0 Å². The lowest BCUT2D eigenvalue weighted by molar-refractivity contribution is 0.112. The third kappa shape index (κ3) is 3.03. The molecular formula is C14H18ClNO2. The average Bonchev–Trinajstić information content (AvgIpc) is 2.39. The predicted octanol–water partition coefficient (Wildman–Crippen LogP) is 3.02. The van der Waals surface area contributed by atoms with Crippen LogP contribution in [0.5, 0.6) is 0 Å². The van der Waals surface area contributed by atoms with E-state index >= 15 is 0 Å². The van der Waals surface area contributed by atoms with Crippen molar-refractivity contribution >= 4 is 23.6 Å². The van der Waals surface area contributed by atoms with Crippen molar-refractivity contribution in [3.05, 3.63) is 28.8 Å². The number of rotatable bonds is 4. The number of carbonyl (C=O) groups excluding carboxylic acids is 1. The number of carbonyl (C=O) groups is 1. The lowest BCUT2D eigenvalue weighted by Gasteiger charge is -2.34. The second kappa shape index (κ2) is 6.21. The predicted molar refractivity (Wildman–Crippen MR) is 73.7 cm³/mol. The molecule has 1 aromatic carbocycles. The smallest absolute Gasteiger partial charge is 0.152 e. The molecule has 98 valence electrons. The van der Waals surface area contributed by atoms with Crippen molar-refractivity contribution in [3.63, 3.8) is 0 Å². The summed E-state index contributed by atoms with van der Waals surface area (Å²) in [6.07, 6.45) is 3.20. The molecular weight excluding hydrogens is 250 g/mol. The number of methoxy groups -OCH3 is 1. The minimum absolute atomic E-state index is 0.530. The maximum Gasteiger partial charge on any atom is 0.152 e. The number of nitrogens with zero attached hydrogens (tertiary/aromatic N) is 1. The van der Waals surface area contributed by atoms with E-state index in [1.807, 2.05) is 6.07 Å². The Kier molecular flexibility index (Phi) is 4.61. The van der Waals surface area contributed by atoms with Crippen LogP contribution >= 0.6 is 11.6 Å². The number of halogens is 1. The first-order valence-corrected chi connectivity index (χ1v) is 6.61. The lowest BCUT2D eigenvalue weighted by Crippen LogP contribution is -2.37. The van der Waals surface area contributed by atoms with Crippen molar-refractivity contribution in [1.29, 1.82) is 0 Å². The Bertz CT molecular complexity index is 420. The van der Waals surface area contributed by atoms with Gasteiger partial charge in [0.05, 0.1) is 6.61 Å².